The van der Waals surface area contributed by atoms with Crippen LogP contribution >= 0.6 is 0 Å². The first-order valence-electron chi connectivity index (χ1n) is 5.88. The highest BCUT2D eigenvalue weighted by Crippen LogP contribution is 2.27. The second-order valence-electron chi connectivity index (χ2n) is 4.20. The average molecular weight is 238 g/mol. The molecule has 0 bridgehead atoms. The van der Waals surface area contributed by atoms with Crippen LogP contribution in [0.3, 0.4) is 0 Å². The second kappa shape index (κ2) is 4.64. The first-order valence-corrected chi connectivity index (χ1v) is 5.88. The summed E-state index contributed by atoms with van der Waals surface area (Å²) in [4.78, 5) is 0. The normalized spacial score (nSPS) is 12.7. The molecule has 0 saturated heterocycles. The topological polar surface area (TPSA) is 51.2 Å². The highest BCUT2D eigenvalue weighted by atomic mass is 16.3. The summed E-state index contributed by atoms with van der Waals surface area (Å²) in [6.45, 7) is 0. The molecule has 0 spiro atoms. The smallest absolute Gasteiger partial charge is 0.134 e. The fourth-order valence-electron chi connectivity index (χ4n) is 2.13. The van der Waals surface area contributed by atoms with E-state index in [1.165, 1.54) is 0 Å². The number of fused-ring (bicyclic) bond motifs is 1. The van der Waals surface area contributed by atoms with Gasteiger partial charge in [-0.3, -0.25) is 5.84 Å². The predicted octanol–water partition coefficient (Wildman–Crippen LogP) is 2.99. The Morgan fingerprint density at radius 1 is 0.944 bits per heavy atom. The molecule has 3 N–H and O–H groups in total. The Morgan fingerprint density at radius 2 is 1.67 bits per heavy atom. The summed E-state index contributed by atoms with van der Waals surface area (Å²) in [5.41, 5.74) is 4.76. The van der Waals surface area contributed by atoms with Crippen LogP contribution in [0.2, 0.25) is 0 Å². The van der Waals surface area contributed by atoms with Crippen LogP contribution in [-0.4, -0.2) is 0 Å². The zero-order chi connectivity index (χ0) is 12.4. The molecule has 1 atom stereocenters. The zero-order valence-electron chi connectivity index (χ0n) is 9.84. The molecule has 1 heterocycles. The largest absolute Gasteiger partial charge is 0.459 e. The molecule has 1 aromatic heterocycles. The molecule has 0 unspecified atom stereocenters. The van der Waals surface area contributed by atoms with E-state index in [0.29, 0.717) is 0 Å². The summed E-state index contributed by atoms with van der Waals surface area (Å²) >= 11 is 0. The van der Waals surface area contributed by atoms with Crippen LogP contribution in [0, 0.1) is 0 Å². The van der Waals surface area contributed by atoms with E-state index in [1.54, 1.807) is 0 Å². The molecule has 0 aliphatic heterocycles. The van der Waals surface area contributed by atoms with Gasteiger partial charge in [-0.2, -0.15) is 0 Å². The Bertz CT molecular complexity index is 613. The number of nitrogens with two attached hydrogens (primary N) is 1. The quantitative estimate of drug-likeness (QED) is 0.545. The van der Waals surface area contributed by atoms with Gasteiger partial charge in [0.05, 0.1) is 0 Å². The molecular formula is C15H14N2O. The summed E-state index contributed by atoms with van der Waals surface area (Å²) in [5.74, 6) is 6.47. The van der Waals surface area contributed by atoms with Crippen molar-refractivity contribution in [1.82, 2.24) is 5.43 Å². The van der Waals surface area contributed by atoms with Crippen LogP contribution in [-0.2, 0) is 0 Å². The summed E-state index contributed by atoms with van der Waals surface area (Å²) in [6.07, 6.45) is 0. The predicted molar refractivity (Wildman–Crippen MR) is 71.8 cm³/mol. The van der Waals surface area contributed by atoms with E-state index in [1.807, 2.05) is 60.7 Å². The van der Waals surface area contributed by atoms with Gasteiger partial charge in [0.2, 0.25) is 0 Å². The lowest BCUT2D eigenvalue weighted by molar-refractivity contribution is 0.477. The third-order valence-electron chi connectivity index (χ3n) is 3.03. The molecule has 3 nitrogen and oxygen atoms in total. The molecule has 0 amide bonds. The number of rotatable bonds is 3. The average Bonchev–Trinajstić information content (AvgIpc) is 2.84. The van der Waals surface area contributed by atoms with Gasteiger partial charge in [0.1, 0.15) is 17.4 Å². The van der Waals surface area contributed by atoms with E-state index in [4.69, 9.17) is 10.3 Å². The molecule has 3 rings (SSSR count). The van der Waals surface area contributed by atoms with Crippen LogP contribution in [0.1, 0.15) is 17.4 Å². The van der Waals surface area contributed by atoms with Gasteiger partial charge in [-0.15, -0.1) is 0 Å². The molecule has 90 valence electrons. The van der Waals surface area contributed by atoms with Crippen LogP contribution in [0.5, 0.6) is 0 Å². The van der Waals surface area contributed by atoms with Crippen LogP contribution in [0.4, 0.5) is 0 Å². The minimum Gasteiger partial charge on any atom is -0.459 e. The maximum Gasteiger partial charge on any atom is 0.134 e. The summed E-state index contributed by atoms with van der Waals surface area (Å²) < 4.78 is 5.83. The molecule has 18 heavy (non-hydrogen) atoms. The number of hydrogen-bond acceptors (Lipinski definition) is 3. The Labute approximate surface area is 105 Å². The van der Waals surface area contributed by atoms with Crippen molar-refractivity contribution in [2.45, 2.75) is 6.04 Å². The van der Waals surface area contributed by atoms with E-state index in [9.17, 15) is 0 Å². The first-order chi connectivity index (χ1) is 8.88. The van der Waals surface area contributed by atoms with Crippen LogP contribution in [0.25, 0.3) is 11.0 Å². The van der Waals surface area contributed by atoms with Crippen molar-refractivity contribution >= 4 is 11.0 Å². The molecule has 0 aliphatic carbocycles. The zero-order valence-corrected chi connectivity index (χ0v) is 9.84. The highest BCUT2D eigenvalue weighted by molar-refractivity contribution is 5.77. The van der Waals surface area contributed by atoms with E-state index >= 15 is 0 Å². The maximum atomic E-state index is 5.83. The van der Waals surface area contributed by atoms with E-state index in [0.717, 1.165) is 22.3 Å². The Kier molecular flexibility index (Phi) is 2.84. The number of benzene rings is 2. The number of para-hydroxylation sites is 1. The lowest BCUT2D eigenvalue weighted by Gasteiger charge is -2.13. The van der Waals surface area contributed by atoms with Gasteiger partial charge in [-0.1, -0.05) is 48.5 Å². The second-order valence-corrected chi connectivity index (χ2v) is 4.20. The fourth-order valence-corrected chi connectivity index (χ4v) is 2.13. The van der Waals surface area contributed by atoms with Crippen molar-refractivity contribution in [2.75, 3.05) is 0 Å². The highest BCUT2D eigenvalue weighted by Gasteiger charge is 2.16. The van der Waals surface area contributed by atoms with E-state index < -0.39 is 0 Å². The first kappa shape index (κ1) is 11.0. The van der Waals surface area contributed by atoms with Crippen molar-refractivity contribution in [3.63, 3.8) is 0 Å². The summed E-state index contributed by atoms with van der Waals surface area (Å²) in [5, 5.41) is 1.09. The van der Waals surface area contributed by atoms with Crippen molar-refractivity contribution in [1.29, 1.82) is 0 Å². The Morgan fingerprint density at radius 3 is 2.39 bits per heavy atom. The van der Waals surface area contributed by atoms with Gasteiger partial charge >= 0.3 is 0 Å². The number of hydrazine groups is 1. The third kappa shape index (κ3) is 1.90. The fraction of sp³-hybridized carbons (Fsp3) is 0.0667. The third-order valence-corrected chi connectivity index (χ3v) is 3.03. The minimum absolute atomic E-state index is 0.126. The molecule has 2 aromatic carbocycles. The Balaban J connectivity index is 2.06. The monoisotopic (exact) mass is 238 g/mol. The molecule has 3 heteroatoms. The molecule has 3 aromatic rings. The standard InChI is InChI=1S/C15H14N2O/c16-17-15(11-6-2-1-3-7-11)14-10-12-8-4-5-9-13(12)18-14/h1-10,15,17H,16H2/t15-/m1/s1. The molecule has 0 saturated carbocycles. The number of hydrogen-bond donors (Lipinski definition) is 2. The summed E-state index contributed by atoms with van der Waals surface area (Å²) in [6, 6.07) is 19.8. The van der Waals surface area contributed by atoms with Gasteiger partial charge in [-0.05, 0) is 17.7 Å². The SMILES string of the molecule is NN[C@H](c1ccccc1)c1cc2ccccc2o1. The number of furan rings is 1. The van der Waals surface area contributed by atoms with Crippen LogP contribution in [0.15, 0.2) is 65.1 Å². The Hall–Kier alpha value is -2.10. The minimum atomic E-state index is -0.126. The van der Waals surface area contributed by atoms with Gasteiger partial charge in [0.15, 0.2) is 0 Å². The van der Waals surface area contributed by atoms with Crippen molar-refractivity contribution in [2.24, 2.45) is 5.84 Å². The van der Waals surface area contributed by atoms with Crippen LogP contribution < -0.4 is 11.3 Å². The van der Waals surface area contributed by atoms with Gasteiger partial charge in [0, 0.05) is 5.39 Å². The molecule has 0 fully saturated rings. The molecular weight excluding hydrogens is 224 g/mol. The lowest BCUT2D eigenvalue weighted by Crippen LogP contribution is -2.28. The van der Waals surface area contributed by atoms with Gasteiger partial charge < -0.3 is 4.42 Å². The van der Waals surface area contributed by atoms with Crippen molar-refractivity contribution < 1.29 is 4.42 Å². The van der Waals surface area contributed by atoms with E-state index in [-0.39, 0.29) is 6.04 Å². The maximum absolute atomic E-state index is 5.83. The number of nitrogens with one attached hydrogen (secondary N) is 1. The lowest BCUT2D eigenvalue weighted by atomic mass is 10.1. The molecule has 0 aliphatic rings. The van der Waals surface area contributed by atoms with Gasteiger partial charge in [-0.25, -0.2) is 5.43 Å². The van der Waals surface area contributed by atoms with Crippen molar-refractivity contribution in [3.8, 4) is 0 Å². The summed E-state index contributed by atoms with van der Waals surface area (Å²) in [7, 11) is 0. The van der Waals surface area contributed by atoms with E-state index in [2.05, 4.69) is 5.43 Å². The van der Waals surface area contributed by atoms with Crippen molar-refractivity contribution in [3.05, 3.63) is 72.0 Å². The molecule has 0 radical (unpaired) electrons. The van der Waals surface area contributed by atoms with Gasteiger partial charge in [0.25, 0.3) is 0 Å².